The zero-order valence-electron chi connectivity index (χ0n) is 8.55. The highest BCUT2D eigenvalue weighted by Crippen LogP contribution is 2.27. The predicted octanol–water partition coefficient (Wildman–Crippen LogP) is 2.17. The van der Waals surface area contributed by atoms with Gasteiger partial charge in [-0.1, -0.05) is 11.8 Å². The summed E-state index contributed by atoms with van der Waals surface area (Å²) in [7, 11) is 1.61. The first-order chi connectivity index (χ1) is 7.65. The molecule has 16 heavy (non-hydrogen) atoms. The topological polar surface area (TPSA) is 78.2 Å². The van der Waals surface area contributed by atoms with Gasteiger partial charge in [-0.05, 0) is 18.0 Å². The number of hydrogen-bond acceptors (Lipinski definition) is 6. The Morgan fingerprint density at radius 3 is 3.06 bits per heavy atom. The SMILES string of the molecule is COCCCSc1nc(Cl)ncc1[N+](=O)[O-]. The fraction of sp³-hybridized carbons (Fsp3) is 0.500. The molecule has 0 saturated carbocycles. The van der Waals surface area contributed by atoms with Crippen LogP contribution in [0.2, 0.25) is 5.28 Å². The Bertz CT molecular complexity index is 378. The van der Waals surface area contributed by atoms with Crippen LogP contribution in [0.15, 0.2) is 11.2 Å². The van der Waals surface area contributed by atoms with E-state index < -0.39 is 4.92 Å². The van der Waals surface area contributed by atoms with E-state index in [0.29, 0.717) is 17.4 Å². The van der Waals surface area contributed by atoms with Crippen LogP contribution in [0.25, 0.3) is 0 Å². The molecule has 0 unspecified atom stereocenters. The molecule has 1 aromatic heterocycles. The van der Waals surface area contributed by atoms with Crippen LogP contribution in [-0.2, 0) is 4.74 Å². The predicted molar refractivity (Wildman–Crippen MR) is 60.9 cm³/mol. The van der Waals surface area contributed by atoms with Crippen molar-refractivity contribution >= 4 is 29.1 Å². The second kappa shape index (κ2) is 6.62. The Kier molecular flexibility index (Phi) is 5.44. The molecule has 0 atom stereocenters. The molecule has 1 heterocycles. The molecule has 0 saturated heterocycles. The van der Waals surface area contributed by atoms with Crippen LogP contribution in [0, 0.1) is 10.1 Å². The van der Waals surface area contributed by atoms with Crippen molar-refractivity contribution < 1.29 is 9.66 Å². The number of ether oxygens (including phenoxy) is 1. The lowest BCUT2D eigenvalue weighted by molar-refractivity contribution is -0.388. The minimum Gasteiger partial charge on any atom is -0.385 e. The molecule has 0 radical (unpaired) electrons. The fourth-order valence-electron chi connectivity index (χ4n) is 0.943. The van der Waals surface area contributed by atoms with E-state index >= 15 is 0 Å². The van der Waals surface area contributed by atoms with Crippen LogP contribution in [-0.4, -0.2) is 34.4 Å². The minimum absolute atomic E-state index is 0.0137. The Hall–Kier alpha value is -0.920. The lowest BCUT2D eigenvalue weighted by Crippen LogP contribution is -1.97. The van der Waals surface area contributed by atoms with E-state index in [0.717, 1.165) is 12.6 Å². The van der Waals surface area contributed by atoms with Crippen LogP contribution in [0.4, 0.5) is 5.69 Å². The summed E-state index contributed by atoms with van der Waals surface area (Å²) >= 11 is 6.85. The van der Waals surface area contributed by atoms with Gasteiger partial charge in [0.05, 0.1) is 4.92 Å². The van der Waals surface area contributed by atoms with Gasteiger partial charge in [-0.15, -0.1) is 0 Å². The third-order valence-electron chi connectivity index (χ3n) is 1.63. The van der Waals surface area contributed by atoms with Crippen molar-refractivity contribution in [2.75, 3.05) is 19.5 Å². The van der Waals surface area contributed by atoms with Gasteiger partial charge in [0.25, 0.3) is 0 Å². The summed E-state index contributed by atoms with van der Waals surface area (Å²) in [5.74, 6) is 0.683. The third-order valence-corrected chi connectivity index (χ3v) is 2.88. The van der Waals surface area contributed by atoms with Crippen molar-refractivity contribution in [1.29, 1.82) is 0 Å². The molecule has 0 amide bonds. The number of rotatable bonds is 6. The lowest BCUT2D eigenvalue weighted by atomic mass is 10.5. The van der Waals surface area contributed by atoms with Gasteiger partial charge < -0.3 is 4.74 Å². The second-order valence-electron chi connectivity index (χ2n) is 2.78. The van der Waals surface area contributed by atoms with Gasteiger partial charge in [-0.3, -0.25) is 10.1 Å². The second-order valence-corrected chi connectivity index (χ2v) is 4.20. The molecule has 0 N–H and O–H groups in total. The molecule has 0 aliphatic rings. The highest BCUT2D eigenvalue weighted by molar-refractivity contribution is 7.99. The van der Waals surface area contributed by atoms with Crippen LogP contribution in [0.5, 0.6) is 0 Å². The van der Waals surface area contributed by atoms with Gasteiger partial charge in [0.15, 0.2) is 5.03 Å². The van der Waals surface area contributed by atoms with Gasteiger partial charge >= 0.3 is 5.69 Å². The molecule has 0 aliphatic heterocycles. The van der Waals surface area contributed by atoms with Crippen molar-refractivity contribution in [2.45, 2.75) is 11.4 Å². The molecule has 1 aromatic rings. The number of halogens is 1. The summed E-state index contributed by atoms with van der Waals surface area (Å²) in [5, 5.41) is 11.0. The standard InChI is InChI=1S/C8H10ClN3O3S/c1-15-3-2-4-16-7-6(12(13)14)5-10-8(9)11-7/h5H,2-4H2,1H3. The Morgan fingerprint density at radius 2 is 2.44 bits per heavy atom. The molecule has 0 aliphatic carbocycles. The maximum absolute atomic E-state index is 10.7. The minimum atomic E-state index is -0.519. The van der Waals surface area contributed by atoms with E-state index in [2.05, 4.69) is 9.97 Å². The van der Waals surface area contributed by atoms with Gasteiger partial charge in [0, 0.05) is 19.5 Å². The van der Waals surface area contributed by atoms with Crippen LogP contribution >= 0.6 is 23.4 Å². The molecule has 0 bridgehead atoms. The van der Waals surface area contributed by atoms with Crippen molar-refractivity contribution in [2.24, 2.45) is 0 Å². The molecular weight excluding hydrogens is 254 g/mol. The largest absolute Gasteiger partial charge is 0.385 e. The summed E-state index contributed by atoms with van der Waals surface area (Å²) in [6.45, 7) is 0.611. The Labute approximate surface area is 102 Å². The maximum Gasteiger partial charge on any atom is 0.319 e. The Morgan fingerprint density at radius 1 is 1.69 bits per heavy atom. The quantitative estimate of drug-likeness (QED) is 0.195. The van der Waals surface area contributed by atoms with Gasteiger partial charge in [0.2, 0.25) is 5.28 Å². The molecule has 0 aromatic carbocycles. The number of nitro groups is 1. The van der Waals surface area contributed by atoms with E-state index in [1.165, 1.54) is 11.8 Å². The average molecular weight is 264 g/mol. The van der Waals surface area contributed by atoms with Crippen molar-refractivity contribution in [3.63, 3.8) is 0 Å². The first kappa shape index (κ1) is 13.1. The van der Waals surface area contributed by atoms with Gasteiger partial charge in [-0.25, -0.2) is 9.97 Å². The average Bonchev–Trinajstić information content (AvgIpc) is 2.24. The third kappa shape index (κ3) is 3.92. The van der Waals surface area contributed by atoms with Crippen LogP contribution in [0.1, 0.15) is 6.42 Å². The first-order valence-corrected chi connectivity index (χ1v) is 5.80. The Balaban J connectivity index is 2.68. The normalized spacial score (nSPS) is 10.4. The van der Waals surface area contributed by atoms with Crippen molar-refractivity contribution in [3.05, 3.63) is 21.6 Å². The maximum atomic E-state index is 10.7. The molecule has 6 nitrogen and oxygen atoms in total. The fourth-order valence-corrected chi connectivity index (χ4v) is 2.01. The number of nitrogens with zero attached hydrogens (tertiary/aromatic N) is 3. The highest BCUT2D eigenvalue weighted by Gasteiger charge is 2.16. The van der Waals surface area contributed by atoms with Gasteiger partial charge in [0.1, 0.15) is 6.20 Å². The summed E-state index contributed by atoms with van der Waals surface area (Å²) in [6, 6.07) is 0. The molecule has 0 fully saturated rings. The van der Waals surface area contributed by atoms with E-state index in [9.17, 15) is 10.1 Å². The van der Waals surface area contributed by atoms with Crippen LogP contribution < -0.4 is 0 Å². The monoisotopic (exact) mass is 263 g/mol. The highest BCUT2D eigenvalue weighted by atomic mass is 35.5. The summed E-state index contributed by atoms with van der Waals surface area (Å²) < 4.78 is 4.88. The molecular formula is C8H10ClN3O3S. The molecule has 1 rings (SSSR count). The first-order valence-electron chi connectivity index (χ1n) is 4.44. The summed E-state index contributed by atoms with van der Waals surface area (Å²) in [6.07, 6.45) is 1.91. The molecule has 88 valence electrons. The molecule has 8 heteroatoms. The van der Waals surface area contributed by atoms with Crippen molar-refractivity contribution in [3.8, 4) is 0 Å². The van der Waals surface area contributed by atoms with Gasteiger partial charge in [-0.2, -0.15) is 0 Å². The number of aromatic nitrogens is 2. The molecule has 0 spiro atoms. The van der Waals surface area contributed by atoms with E-state index in [1.54, 1.807) is 7.11 Å². The van der Waals surface area contributed by atoms with E-state index in [4.69, 9.17) is 16.3 Å². The van der Waals surface area contributed by atoms with Crippen molar-refractivity contribution in [1.82, 2.24) is 9.97 Å². The number of methoxy groups -OCH3 is 1. The number of thioether (sulfide) groups is 1. The zero-order valence-corrected chi connectivity index (χ0v) is 10.1. The van der Waals surface area contributed by atoms with E-state index in [1.807, 2.05) is 0 Å². The lowest BCUT2D eigenvalue weighted by Gasteiger charge is -2.01. The van der Waals surface area contributed by atoms with E-state index in [-0.39, 0.29) is 11.0 Å². The zero-order chi connectivity index (χ0) is 12.0. The van der Waals surface area contributed by atoms with Crippen LogP contribution in [0.3, 0.4) is 0 Å². The smallest absolute Gasteiger partial charge is 0.319 e. The summed E-state index contributed by atoms with van der Waals surface area (Å²) in [5.41, 5.74) is -0.119. The summed E-state index contributed by atoms with van der Waals surface area (Å²) in [4.78, 5) is 17.6. The number of hydrogen-bond donors (Lipinski definition) is 0.